The SMILES string of the molecule is C[C@@H](NC(=O)NCCN1CCN(C)C(C)(C)C1)C(C)(C)CN(C)C. The fourth-order valence-electron chi connectivity index (χ4n) is 3.25. The van der Waals surface area contributed by atoms with Crippen molar-refractivity contribution in [1.82, 2.24) is 25.3 Å². The molecule has 0 aromatic heterocycles. The minimum absolute atomic E-state index is 0.0301. The second kappa shape index (κ2) is 8.50. The van der Waals surface area contributed by atoms with Crippen LogP contribution in [0.15, 0.2) is 0 Å². The van der Waals surface area contributed by atoms with E-state index < -0.39 is 0 Å². The Balaban J connectivity index is 2.32. The number of nitrogens with zero attached hydrogens (tertiary/aromatic N) is 3. The van der Waals surface area contributed by atoms with Gasteiger partial charge in [-0.3, -0.25) is 9.80 Å². The standard InChI is InChI=1S/C18H39N5O/c1-15(17(2,3)13-21(6)7)20-16(24)19-9-10-23-12-11-22(8)18(4,5)14-23/h15H,9-14H2,1-8H3,(H2,19,20,24)/t15-/m1/s1. The fourth-order valence-corrected chi connectivity index (χ4v) is 3.25. The summed E-state index contributed by atoms with van der Waals surface area (Å²) in [5.74, 6) is 0. The highest BCUT2D eigenvalue weighted by atomic mass is 16.2. The van der Waals surface area contributed by atoms with Crippen LogP contribution in [0.5, 0.6) is 0 Å². The smallest absolute Gasteiger partial charge is 0.315 e. The first-order valence-corrected chi connectivity index (χ1v) is 9.07. The molecule has 1 rings (SSSR count). The van der Waals surface area contributed by atoms with Gasteiger partial charge in [-0.15, -0.1) is 0 Å². The number of urea groups is 1. The molecule has 0 saturated carbocycles. The number of likely N-dealkylation sites (N-methyl/N-ethyl adjacent to an activating group) is 1. The maximum Gasteiger partial charge on any atom is 0.315 e. The molecule has 142 valence electrons. The van der Waals surface area contributed by atoms with Crippen LogP contribution in [0.1, 0.15) is 34.6 Å². The van der Waals surface area contributed by atoms with Crippen LogP contribution in [0.3, 0.4) is 0 Å². The lowest BCUT2D eigenvalue weighted by molar-refractivity contribution is 0.0410. The third-order valence-corrected chi connectivity index (χ3v) is 5.35. The minimum Gasteiger partial charge on any atom is -0.337 e. The van der Waals surface area contributed by atoms with Gasteiger partial charge < -0.3 is 15.5 Å². The summed E-state index contributed by atoms with van der Waals surface area (Å²) in [7, 11) is 6.30. The molecule has 1 saturated heterocycles. The lowest BCUT2D eigenvalue weighted by Crippen LogP contribution is -2.58. The molecule has 0 aromatic rings. The van der Waals surface area contributed by atoms with Crippen LogP contribution in [0.25, 0.3) is 0 Å². The Bertz CT molecular complexity index is 408. The molecule has 0 spiro atoms. The van der Waals surface area contributed by atoms with E-state index >= 15 is 0 Å². The lowest BCUT2D eigenvalue weighted by Gasteiger charge is -2.45. The van der Waals surface area contributed by atoms with Gasteiger partial charge in [-0.2, -0.15) is 0 Å². The number of nitrogens with one attached hydrogen (secondary N) is 2. The van der Waals surface area contributed by atoms with Crippen molar-refractivity contribution >= 4 is 6.03 Å². The van der Waals surface area contributed by atoms with Crippen LogP contribution in [-0.4, -0.2) is 92.7 Å². The molecule has 0 unspecified atom stereocenters. The Kier molecular flexibility index (Phi) is 7.50. The van der Waals surface area contributed by atoms with Gasteiger partial charge in [0.25, 0.3) is 0 Å². The third-order valence-electron chi connectivity index (χ3n) is 5.35. The quantitative estimate of drug-likeness (QED) is 0.733. The molecule has 0 bridgehead atoms. The summed E-state index contributed by atoms with van der Waals surface area (Å²) in [6, 6.07) is 0.0465. The Hall–Kier alpha value is -0.850. The summed E-state index contributed by atoms with van der Waals surface area (Å²) in [5.41, 5.74) is 0.230. The molecule has 2 amide bonds. The fraction of sp³-hybridized carbons (Fsp3) is 0.944. The molecule has 24 heavy (non-hydrogen) atoms. The maximum absolute atomic E-state index is 12.1. The molecular formula is C18H39N5O. The zero-order valence-electron chi connectivity index (χ0n) is 17.1. The highest BCUT2D eigenvalue weighted by molar-refractivity contribution is 5.74. The lowest BCUT2D eigenvalue weighted by atomic mass is 9.85. The van der Waals surface area contributed by atoms with E-state index in [1.165, 1.54) is 0 Å². The number of hydrogen-bond donors (Lipinski definition) is 2. The van der Waals surface area contributed by atoms with Crippen molar-refractivity contribution in [2.45, 2.75) is 46.2 Å². The average Bonchev–Trinajstić information content (AvgIpc) is 2.41. The number of amides is 2. The molecule has 0 aliphatic carbocycles. The first kappa shape index (κ1) is 21.2. The molecular weight excluding hydrogens is 302 g/mol. The van der Waals surface area contributed by atoms with E-state index in [1.54, 1.807) is 0 Å². The van der Waals surface area contributed by atoms with Gasteiger partial charge in [0.15, 0.2) is 0 Å². The summed E-state index contributed by atoms with van der Waals surface area (Å²) in [4.78, 5) is 19.1. The molecule has 2 N–H and O–H groups in total. The second-order valence-corrected chi connectivity index (χ2v) is 8.86. The molecule has 0 radical (unpaired) electrons. The summed E-state index contributed by atoms with van der Waals surface area (Å²) in [6.45, 7) is 16.7. The third kappa shape index (κ3) is 6.57. The summed E-state index contributed by atoms with van der Waals surface area (Å²) < 4.78 is 0. The van der Waals surface area contributed by atoms with Gasteiger partial charge >= 0.3 is 6.03 Å². The van der Waals surface area contributed by atoms with Crippen molar-refractivity contribution in [3.8, 4) is 0 Å². The van der Waals surface area contributed by atoms with Crippen LogP contribution in [-0.2, 0) is 0 Å². The van der Waals surface area contributed by atoms with Crippen molar-refractivity contribution in [3.05, 3.63) is 0 Å². The van der Waals surface area contributed by atoms with Crippen molar-refractivity contribution in [1.29, 1.82) is 0 Å². The zero-order chi connectivity index (χ0) is 18.5. The predicted octanol–water partition coefficient (Wildman–Crippen LogP) is 1.29. The largest absolute Gasteiger partial charge is 0.337 e. The van der Waals surface area contributed by atoms with Crippen LogP contribution in [0.4, 0.5) is 4.79 Å². The average molecular weight is 342 g/mol. The van der Waals surface area contributed by atoms with E-state index in [4.69, 9.17) is 0 Å². The van der Waals surface area contributed by atoms with E-state index in [-0.39, 0.29) is 23.0 Å². The molecule has 1 fully saturated rings. The van der Waals surface area contributed by atoms with E-state index in [0.29, 0.717) is 6.54 Å². The van der Waals surface area contributed by atoms with E-state index in [0.717, 1.165) is 32.7 Å². The Morgan fingerprint density at radius 2 is 1.92 bits per heavy atom. The van der Waals surface area contributed by atoms with Crippen LogP contribution in [0, 0.1) is 5.41 Å². The first-order chi connectivity index (χ1) is 10.9. The van der Waals surface area contributed by atoms with Crippen LogP contribution < -0.4 is 10.6 Å². The molecule has 6 nitrogen and oxygen atoms in total. The topological polar surface area (TPSA) is 50.9 Å². The Morgan fingerprint density at radius 1 is 1.29 bits per heavy atom. The summed E-state index contributed by atoms with van der Waals surface area (Å²) >= 11 is 0. The molecule has 6 heteroatoms. The van der Waals surface area contributed by atoms with Crippen molar-refractivity contribution in [2.75, 3.05) is 60.4 Å². The maximum atomic E-state index is 12.1. The second-order valence-electron chi connectivity index (χ2n) is 8.86. The van der Waals surface area contributed by atoms with E-state index in [9.17, 15) is 4.79 Å². The highest BCUT2D eigenvalue weighted by Crippen LogP contribution is 2.21. The monoisotopic (exact) mass is 341 g/mol. The van der Waals surface area contributed by atoms with Crippen molar-refractivity contribution in [2.24, 2.45) is 5.41 Å². The van der Waals surface area contributed by atoms with Gasteiger partial charge in [0.1, 0.15) is 0 Å². The van der Waals surface area contributed by atoms with Gasteiger partial charge in [0.2, 0.25) is 0 Å². The van der Waals surface area contributed by atoms with Crippen LogP contribution >= 0.6 is 0 Å². The van der Waals surface area contributed by atoms with Gasteiger partial charge in [0, 0.05) is 50.8 Å². The van der Waals surface area contributed by atoms with Gasteiger partial charge in [-0.1, -0.05) is 13.8 Å². The zero-order valence-corrected chi connectivity index (χ0v) is 17.1. The predicted molar refractivity (Wildman–Crippen MR) is 101 cm³/mol. The number of rotatable bonds is 7. The minimum atomic E-state index is -0.0669. The number of carbonyl (C=O) groups excluding carboxylic acids is 1. The van der Waals surface area contributed by atoms with Crippen molar-refractivity contribution in [3.63, 3.8) is 0 Å². The number of hydrogen-bond acceptors (Lipinski definition) is 4. The molecule has 1 aliphatic heterocycles. The number of piperazine rings is 1. The van der Waals surface area contributed by atoms with Gasteiger partial charge in [-0.25, -0.2) is 4.79 Å². The Morgan fingerprint density at radius 3 is 2.46 bits per heavy atom. The molecule has 1 atom stereocenters. The highest BCUT2D eigenvalue weighted by Gasteiger charge is 2.31. The molecule has 1 heterocycles. The summed E-state index contributed by atoms with van der Waals surface area (Å²) in [5, 5.41) is 6.09. The summed E-state index contributed by atoms with van der Waals surface area (Å²) in [6.07, 6.45) is 0. The van der Waals surface area contributed by atoms with Crippen LogP contribution in [0.2, 0.25) is 0 Å². The van der Waals surface area contributed by atoms with Gasteiger partial charge in [0.05, 0.1) is 0 Å². The number of carbonyl (C=O) groups is 1. The van der Waals surface area contributed by atoms with E-state index in [1.807, 2.05) is 0 Å². The van der Waals surface area contributed by atoms with Crippen molar-refractivity contribution < 1.29 is 4.79 Å². The Labute approximate surface area is 148 Å². The molecule has 1 aliphatic rings. The normalized spacial score (nSPS) is 20.9. The molecule has 0 aromatic carbocycles. The first-order valence-electron chi connectivity index (χ1n) is 9.07. The van der Waals surface area contributed by atoms with Gasteiger partial charge in [-0.05, 0) is 47.3 Å². The van der Waals surface area contributed by atoms with E-state index in [2.05, 4.69) is 81.1 Å².